The lowest BCUT2D eigenvalue weighted by molar-refractivity contribution is 0.881. The Morgan fingerprint density at radius 3 is 1.56 bits per heavy atom. The topological polar surface area (TPSA) is 72.2 Å². The summed E-state index contributed by atoms with van der Waals surface area (Å²) in [5.41, 5.74) is 7.04. The van der Waals surface area contributed by atoms with Crippen LogP contribution in [0.25, 0.3) is 0 Å². The molecule has 0 radical (unpaired) electrons. The number of hydrogen-bond donors (Lipinski definition) is 6. The molecular formula is C26H44N6. The number of nitrogens with one attached hydrogen (secondary N) is 6. The zero-order chi connectivity index (χ0) is 23.7. The van der Waals surface area contributed by atoms with Crippen LogP contribution in [0.1, 0.15) is 55.4 Å². The third-order valence-electron chi connectivity index (χ3n) is 4.59. The summed E-state index contributed by atoms with van der Waals surface area (Å²) in [6.07, 6.45) is 0. The van der Waals surface area contributed by atoms with Crippen molar-refractivity contribution >= 4 is 34.1 Å². The van der Waals surface area contributed by atoms with Crippen molar-refractivity contribution < 1.29 is 0 Å². The molecule has 178 valence electrons. The van der Waals surface area contributed by atoms with Gasteiger partial charge in [0.25, 0.3) is 0 Å². The van der Waals surface area contributed by atoms with Crippen LogP contribution >= 0.6 is 0 Å². The minimum absolute atomic E-state index is 0.423. The van der Waals surface area contributed by atoms with Gasteiger partial charge in [-0.3, -0.25) is 0 Å². The van der Waals surface area contributed by atoms with Gasteiger partial charge < -0.3 is 31.9 Å². The van der Waals surface area contributed by atoms with Gasteiger partial charge in [-0.15, -0.1) is 0 Å². The lowest BCUT2D eigenvalue weighted by atomic mass is 10.2. The predicted octanol–water partition coefficient (Wildman–Crippen LogP) is 6.49. The van der Waals surface area contributed by atoms with Gasteiger partial charge >= 0.3 is 0 Å². The molecule has 0 aliphatic carbocycles. The molecule has 0 bridgehead atoms. The van der Waals surface area contributed by atoms with Crippen LogP contribution in [0.3, 0.4) is 0 Å². The molecule has 0 saturated carbocycles. The normalized spacial score (nSPS) is 12.5. The summed E-state index contributed by atoms with van der Waals surface area (Å²) in [4.78, 5) is 0. The summed E-state index contributed by atoms with van der Waals surface area (Å²) in [6.45, 7) is 19.2. The van der Waals surface area contributed by atoms with Gasteiger partial charge in [0.2, 0.25) is 0 Å². The molecule has 0 saturated heterocycles. The lowest BCUT2D eigenvalue weighted by Crippen LogP contribution is -2.20. The number of hydrogen-bond acceptors (Lipinski definition) is 6. The summed E-state index contributed by atoms with van der Waals surface area (Å²) < 4.78 is 0. The zero-order valence-electron chi connectivity index (χ0n) is 21.2. The van der Waals surface area contributed by atoms with Crippen LogP contribution < -0.4 is 31.9 Å². The monoisotopic (exact) mass is 440 g/mol. The Morgan fingerprint density at radius 1 is 0.531 bits per heavy atom. The largest absolute Gasteiger partial charge is 0.383 e. The highest BCUT2D eigenvalue weighted by atomic mass is 15.0. The SMILES string of the molecule is CC(C)Nc1ccc(NC(C)C)c(NC(C)C)c1.CC(C)Nc1ccc2c(c1)NCCN2. The van der Waals surface area contributed by atoms with E-state index in [1.807, 2.05) is 0 Å². The highest BCUT2D eigenvalue weighted by Crippen LogP contribution is 2.28. The highest BCUT2D eigenvalue weighted by molar-refractivity contribution is 5.75. The van der Waals surface area contributed by atoms with Gasteiger partial charge in [-0.05, 0) is 91.8 Å². The minimum Gasteiger partial charge on any atom is -0.383 e. The van der Waals surface area contributed by atoms with Gasteiger partial charge in [0.05, 0.1) is 22.7 Å². The number of benzene rings is 2. The molecule has 0 atom stereocenters. The van der Waals surface area contributed by atoms with Crippen molar-refractivity contribution in [3.05, 3.63) is 36.4 Å². The fourth-order valence-corrected chi connectivity index (χ4v) is 3.50. The molecule has 0 unspecified atom stereocenters. The molecule has 2 aromatic carbocycles. The van der Waals surface area contributed by atoms with Crippen molar-refractivity contribution in [3.8, 4) is 0 Å². The highest BCUT2D eigenvalue weighted by Gasteiger charge is 2.08. The van der Waals surface area contributed by atoms with Gasteiger partial charge in [-0.25, -0.2) is 0 Å². The van der Waals surface area contributed by atoms with Crippen molar-refractivity contribution in [2.24, 2.45) is 0 Å². The number of rotatable bonds is 8. The van der Waals surface area contributed by atoms with E-state index in [1.165, 1.54) is 17.1 Å². The van der Waals surface area contributed by atoms with Gasteiger partial charge in [0.1, 0.15) is 0 Å². The van der Waals surface area contributed by atoms with Gasteiger partial charge in [-0.1, -0.05) is 0 Å². The van der Waals surface area contributed by atoms with Crippen LogP contribution in [0.5, 0.6) is 0 Å². The Balaban J connectivity index is 0.000000233. The smallest absolute Gasteiger partial charge is 0.0598 e. The van der Waals surface area contributed by atoms with Crippen LogP contribution in [-0.4, -0.2) is 37.3 Å². The molecule has 6 N–H and O–H groups in total. The van der Waals surface area contributed by atoms with Crippen LogP contribution in [-0.2, 0) is 0 Å². The van der Waals surface area contributed by atoms with Crippen LogP contribution in [0.2, 0.25) is 0 Å². The molecule has 0 spiro atoms. The molecule has 2 aromatic rings. The average molecular weight is 441 g/mol. The van der Waals surface area contributed by atoms with Gasteiger partial charge in [-0.2, -0.15) is 0 Å². The first-order valence-electron chi connectivity index (χ1n) is 12.0. The molecule has 0 aromatic heterocycles. The van der Waals surface area contributed by atoms with Crippen LogP contribution in [0.15, 0.2) is 36.4 Å². The molecule has 1 heterocycles. The number of fused-ring (bicyclic) bond motifs is 1. The third-order valence-corrected chi connectivity index (χ3v) is 4.59. The maximum atomic E-state index is 3.49. The van der Waals surface area contributed by atoms with Crippen LogP contribution in [0.4, 0.5) is 34.1 Å². The Hall–Kier alpha value is -2.76. The number of anilines is 6. The molecule has 1 aliphatic heterocycles. The summed E-state index contributed by atoms with van der Waals surface area (Å²) in [6, 6.07) is 14.6. The lowest BCUT2D eigenvalue weighted by Gasteiger charge is -2.21. The molecule has 32 heavy (non-hydrogen) atoms. The maximum absolute atomic E-state index is 3.49. The van der Waals surface area contributed by atoms with E-state index in [1.54, 1.807) is 0 Å². The molecule has 3 rings (SSSR count). The standard InChI is InChI=1S/C15H27N3.C11H17N3/c1-10(2)16-13-7-8-14(17-11(3)4)15(9-13)18-12(5)6;1-8(2)14-9-3-4-10-11(7-9)13-6-5-12-10/h7-12,16-18H,1-6H3;3-4,7-8,12-14H,5-6H2,1-2H3. The molecule has 6 nitrogen and oxygen atoms in total. The van der Waals surface area contributed by atoms with Crippen molar-refractivity contribution in [2.45, 2.75) is 79.6 Å². The Labute approximate surface area is 195 Å². The maximum Gasteiger partial charge on any atom is 0.0598 e. The zero-order valence-corrected chi connectivity index (χ0v) is 21.2. The van der Waals surface area contributed by atoms with E-state index in [0.717, 1.165) is 30.2 Å². The third kappa shape index (κ3) is 8.77. The molecule has 6 heteroatoms. The molecule has 0 amide bonds. The van der Waals surface area contributed by atoms with E-state index in [-0.39, 0.29) is 0 Å². The van der Waals surface area contributed by atoms with Crippen molar-refractivity contribution in [2.75, 3.05) is 45.0 Å². The minimum atomic E-state index is 0.423. The van der Waals surface area contributed by atoms with E-state index in [4.69, 9.17) is 0 Å². The predicted molar refractivity (Wildman–Crippen MR) is 145 cm³/mol. The second-order valence-corrected chi connectivity index (χ2v) is 9.57. The van der Waals surface area contributed by atoms with Crippen molar-refractivity contribution in [3.63, 3.8) is 0 Å². The second-order valence-electron chi connectivity index (χ2n) is 9.57. The van der Waals surface area contributed by atoms with Gasteiger partial charge in [0, 0.05) is 48.6 Å². The fraction of sp³-hybridized carbons (Fsp3) is 0.538. The Bertz CT molecular complexity index is 829. The summed E-state index contributed by atoms with van der Waals surface area (Å²) in [5, 5.41) is 20.5. The quantitative estimate of drug-likeness (QED) is 0.282. The van der Waals surface area contributed by atoms with Crippen molar-refractivity contribution in [1.29, 1.82) is 0 Å². The van der Waals surface area contributed by atoms with E-state index >= 15 is 0 Å². The van der Waals surface area contributed by atoms with E-state index < -0.39 is 0 Å². The fourth-order valence-electron chi connectivity index (χ4n) is 3.50. The first-order chi connectivity index (χ1) is 15.1. The second kappa shape index (κ2) is 12.3. The van der Waals surface area contributed by atoms with Gasteiger partial charge in [0.15, 0.2) is 0 Å². The summed E-state index contributed by atoms with van der Waals surface area (Å²) in [5.74, 6) is 0. The van der Waals surface area contributed by atoms with E-state index in [9.17, 15) is 0 Å². The Morgan fingerprint density at radius 2 is 1.00 bits per heavy atom. The first-order valence-corrected chi connectivity index (χ1v) is 12.0. The summed E-state index contributed by atoms with van der Waals surface area (Å²) in [7, 11) is 0. The van der Waals surface area contributed by atoms with E-state index in [0.29, 0.717) is 24.2 Å². The first kappa shape index (κ1) is 25.5. The molecule has 1 aliphatic rings. The van der Waals surface area contributed by atoms with Crippen molar-refractivity contribution in [1.82, 2.24) is 0 Å². The summed E-state index contributed by atoms with van der Waals surface area (Å²) >= 11 is 0. The molecule has 0 fully saturated rings. The molecular weight excluding hydrogens is 396 g/mol. The Kier molecular flexibility index (Phi) is 9.82. The average Bonchev–Trinajstić information content (AvgIpc) is 2.69. The van der Waals surface area contributed by atoms with Crippen LogP contribution in [0, 0.1) is 0 Å². The van der Waals surface area contributed by atoms with E-state index in [2.05, 4.69) is 124 Å².